The van der Waals surface area contributed by atoms with Gasteiger partial charge in [-0.25, -0.2) is 0 Å². The molecule has 1 heterocycles. The van der Waals surface area contributed by atoms with Crippen LogP contribution in [0.2, 0.25) is 0 Å². The molecular formula is C12H25N2O2+. The van der Waals surface area contributed by atoms with Crippen molar-refractivity contribution in [1.29, 1.82) is 0 Å². The number of piperidine rings is 1. The summed E-state index contributed by atoms with van der Waals surface area (Å²) in [5, 5.41) is 2.32. The summed E-state index contributed by atoms with van der Waals surface area (Å²) in [6, 6.07) is 0. The van der Waals surface area contributed by atoms with Gasteiger partial charge in [0.1, 0.15) is 5.60 Å². The van der Waals surface area contributed by atoms with Gasteiger partial charge in [0, 0.05) is 25.3 Å². The smallest absolute Gasteiger partial charge is 0.310 e. The first-order valence-electron chi connectivity index (χ1n) is 6.22. The Bertz CT molecular complexity index is 235. The van der Waals surface area contributed by atoms with Crippen LogP contribution in [0.3, 0.4) is 0 Å². The molecule has 0 spiro atoms. The highest BCUT2D eigenvalue weighted by atomic mass is 16.6. The molecule has 0 aromatic heterocycles. The van der Waals surface area contributed by atoms with E-state index in [1.807, 2.05) is 20.8 Å². The number of esters is 1. The zero-order valence-electron chi connectivity index (χ0n) is 10.7. The molecule has 0 aromatic rings. The second-order valence-corrected chi connectivity index (χ2v) is 5.30. The summed E-state index contributed by atoms with van der Waals surface area (Å²) in [5.41, 5.74) is 5.11. The van der Waals surface area contributed by atoms with E-state index in [1.54, 1.807) is 0 Å². The minimum atomic E-state index is -0.352. The van der Waals surface area contributed by atoms with E-state index in [9.17, 15) is 4.79 Å². The van der Waals surface area contributed by atoms with Gasteiger partial charge in [0.25, 0.3) is 0 Å². The maximum atomic E-state index is 11.7. The van der Waals surface area contributed by atoms with Crippen molar-refractivity contribution in [3.8, 4) is 0 Å². The first kappa shape index (κ1) is 13.5. The Morgan fingerprint density at radius 1 is 1.50 bits per heavy atom. The van der Waals surface area contributed by atoms with E-state index >= 15 is 0 Å². The maximum absolute atomic E-state index is 11.7. The SMILES string of the molecule is CC(CN)C(=O)OC(C)(C)C1CC[NH2+]CC1. The monoisotopic (exact) mass is 229 g/mol. The lowest BCUT2D eigenvalue weighted by molar-refractivity contribution is -0.665. The molecule has 4 heteroatoms. The average molecular weight is 229 g/mol. The molecule has 16 heavy (non-hydrogen) atoms. The number of carbonyl (C=O) groups is 1. The molecule has 4 nitrogen and oxygen atoms in total. The fourth-order valence-corrected chi connectivity index (χ4v) is 2.16. The lowest BCUT2D eigenvalue weighted by Crippen LogP contribution is -2.86. The minimum absolute atomic E-state index is 0.165. The largest absolute Gasteiger partial charge is 0.459 e. The lowest BCUT2D eigenvalue weighted by Gasteiger charge is -2.36. The Hall–Kier alpha value is -0.610. The van der Waals surface area contributed by atoms with Crippen molar-refractivity contribution in [2.75, 3.05) is 19.6 Å². The van der Waals surface area contributed by atoms with E-state index in [0.29, 0.717) is 12.5 Å². The van der Waals surface area contributed by atoms with E-state index < -0.39 is 0 Å². The number of hydrogen-bond donors (Lipinski definition) is 2. The molecule has 0 amide bonds. The molecule has 1 rings (SSSR count). The van der Waals surface area contributed by atoms with Crippen LogP contribution >= 0.6 is 0 Å². The maximum Gasteiger partial charge on any atom is 0.310 e. The Kier molecular flexibility index (Phi) is 4.74. The summed E-state index contributed by atoms with van der Waals surface area (Å²) >= 11 is 0. The molecule has 94 valence electrons. The number of nitrogens with two attached hydrogens (primary N) is 2. The summed E-state index contributed by atoms with van der Waals surface area (Å²) in [6.45, 7) is 8.48. The quantitative estimate of drug-likeness (QED) is 0.660. The lowest BCUT2D eigenvalue weighted by atomic mass is 9.83. The third kappa shape index (κ3) is 3.46. The molecule has 1 saturated heterocycles. The number of rotatable bonds is 4. The first-order chi connectivity index (χ1) is 7.47. The van der Waals surface area contributed by atoms with Crippen molar-refractivity contribution in [1.82, 2.24) is 0 Å². The Morgan fingerprint density at radius 3 is 2.56 bits per heavy atom. The number of ether oxygens (including phenoxy) is 1. The van der Waals surface area contributed by atoms with Gasteiger partial charge in [0.15, 0.2) is 0 Å². The van der Waals surface area contributed by atoms with Gasteiger partial charge in [-0.2, -0.15) is 0 Å². The molecule has 1 aliphatic heterocycles. The first-order valence-corrected chi connectivity index (χ1v) is 6.22. The van der Waals surface area contributed by atoms with Crippen molar-refractivity contribution in [2.45, 2.75) is 39.2 Å². The highest BCUT2D eigenvalue weighted by Crippen LogP contribution is 2.28. The summed E-state index contributed by atoms with van der Waals surface area (Å²) in [7, 11) is 0. The van der Waals surface area contributed by atoms with Gasteiger partial charge in [0.2, 0.25) is 0 Å². The highest BCUT2D eigenvalue weighted by molar-refractivity contribution is 5.72. The van der Waals surface area contributed by atoms with E-state index in [1.165, 1.54) is 0 Å². The fourth-order valence-electron chi connectivity index (χ4n) is 2.16. The van der Waals surface area contributed by atoms with Crippen LogP contribution < -0.4 is 11.1 Å². The van der Waals surface area contributed by atoms with Crippen LogP contribution in [0, 0.1) is 11.8 Å². The molecule has 0 aliphatic carbocycles. The van der Waals surface area contributed by atoms with Gasteiger partial charge >= 0.3 is 5.97 Å². The normalized spacial score (nSPS) is 20.5. The summed E-state index contributed by atoms with van der Waals surface area (Å²) in [6.07, 6.45) is 2.24. The third-order valence-corrected chi connectivity index (χ3v) is 3.54. The van der Waals surface area contributed by atoms with E-state index in [0.717, 1.165) is 25.9 Å². The van der Waals surface area contributed by atoms with Crippen molar-refractivity contribution >= 4 is 5.97 Å². The molecule has 1 fully saturated rings. The van der Waals surface area contributed by atoms with Gasteiger partial charge in [-0.3, -0.25) is 4.79 Å². The Balaban J connectivity index is 2.52. The number of hydrogen-bond acceptors (Lipinski definition) is 3. The molecule has 1 aliphatic rings. The van der Waals surface area contributed by atoms with Gasteiger partial charge in [0.05, 0.1) is 19.0 Å². The Labute approximate surface area is 97.9 Å². The number of quaternary nitrogens is 1. The molecule has 0 radical (unpaired) electrons. The van der Waals surface area contributed by atoms with Crippen LogP contribution in [-0.2, 0) is 9.53 Å². The summed E-state index contributed by atoms with van der Waals surface area (Å²) in [4.78, 5) is 11.7. The van der Waals surface area contributed by atoms with Crippen LogP contribution in [0.15, 0.2) is 0 Å². The standard InChI is InChI=1S/C12H24N2O2/c1-9(8-13)11(15)16-12(2,3)10-4-6-14-7-5-10/h9-10,14H,4-8,13H2,1-3H3/p+1. The predicted octanol–water partition coefficient (Wildman–Crippen LogP) is -0.124. The second kappa shape index (κ2) is 5.64. The van der Waals surface area contributed by atoms with Crippen LogP contribution in [-0.4, -0.2) is 31.2 Å². The molecule has 0 bridgehead atoms. The summed E-state index contributed by atoms with van der Waals surface area (Å²) in [5.74, 6) is 0.114. The van der Waals surface area contributed by atoms with Crippen LogP contribution in [0.5, 0.6) is 0 Å². The van der Waals surface area contributed by atoms with Crippen molar-refractivity contribution in [2.24, 2.45) is 17.6 Å². The minimum Gasteiger partial charge on any atom is -0.459 e. The topological polar surface area (TPSA) is 68.9 Å². The summed E-state index contributed by atoms with van der Waals surface area (Å²) < 4.78 is 5.60. The zero-order chi connectivity index (χ0) is 12.2. The van der Waals surface area contributed by atoms with Gasteiger partial charge in [-0.15, -0.1) is 0 Å². The fraction of sp³-hybridized carbons (Fsp3) is 0.917. The van der Waals surface area contributed by atoms with E-state index in [2.05, 4.69) is 5.32 Å². The molecule has 0 saturated carbocycles. The van der Waals surface area contributed by atoms with Crippen molar-refractivity contribution in [3.05, 3.63) is 0 Å². The predicted molar refractivity (Wildman–Crippen MR) is 62.8 cm³/mol. The average Bonchev–Trinajstić information content (AvgIpc) is 2.28. The van der Waals surface area contributed by atoms with Gasteiger partial charge < -0.3 is 15.8 Å². The Morgan fingerprint density at radius 2 is 2.06 bits per heavy atom. The van der Waals surface area contributed by atoms with Crippen LogP contribution in [0.25, 0.3) is 0 Å². The molecule has 0 aromatic carbocycles. The van der Waals surface area contributed by atoms with Crippen molar-refractivity contribution in [3.63, 3.8) is 0 Å². The molecule has 4 N–H and O–H groups in total. The van der Waals surface area contributed by atoms with Gasteiger partial charge in [-0.1, -0.05) is 6.92 Å². The zero-order valence-corrected chi connectivity index (χ0v) is 10.7. The van der Waals surface area contributed by atoms with Crippen LogP contribution in [0.4, 0.5) is 0 Å². The van der Waals surface area contributed by atoms with Crippen LogP contribution in [0.1, 0.15) is 33.6 Å². The van der Waals surface area contributed by atoms with Crippen molar-refractivity contribution < 1.29 is 14.8 Å². The van der Waals surface area contributed by atoms with E-state index in [4.69, 9.17) is 10.5 Å². The van der Waals surface area contributed by atoms with Gasteiger partial charge in [-0.05, 0) is 13.8 Å². The third-order valence-electron chi connectivity index (χ3n) is 3.54. The molecule has 1 unspecified atom stereocenters. The second-order valence-electron chi connectivity index (χ2n) is 5.30. The molecular weight excluding hydrogens is 204 g/mol. The number of carbonyl (C=O) groups excluding carboxylic acids is 1. The highest BCUT2D eigenvalue weighted by Gasteiger charge is 2.35. The van der Waals surface area contributed by atoms with E-state index in [-0.39, 0.29) is 17.5 Å². The molecule has 1 atom stereocenters.